The van der Waals surface area contributed by atoms with Gasteiger partial charge >= 0.3 is 0 Å². The summed E-state index contributed by atoms with van der Waals surface area (Å²) in [4.78, 5) is 0. The maximum atomic E-state index is 8.86. The predicted molar refractivity (Wildman–Crippen MR) is 68.6 cm³/mol. The zero-order chi connectivity index (χ0) is 11.8. The van der Waals surface area contributed by atoms with E-state index in [0.717, 1.165) is 6.42 Å². The molecule has 0 amide bonds. The highest BCUT2D eigenvalue weighted by Gasteiger charge is 2.15. The van der Waals surface area contributed by atoms with Gasteiger partial charge in [-0.15, -0.1) is 0 Å². The van der Waals surface area contributed by atoms with E-state index in [-0.39, 0.29) is 6.61 Å². The molecule has 1 saturated heterocycles. The number of hydrogen-bond acceptors (Lipinski definition) is 3. The van der Waals surface area contributed by atoms with Crippen molar-refractivity contribution in [2.45, 2.75) is 70.5 Å². The third-order valence-corrected chi connectivity index (χ3v) is 3.43. The molecule has 0 aromatic heterocycles. The van der Waals surface area contributed by atoms with Gasteiger partial charge in [-0.05, 0) is 46.1 Å². The van der Waals surface area contributed by atoms with E-state index in [2.05, 4.69) is 24.5 Å². The van der Waals surface area contributed by atoms with Crippen LogP contribution in [0.25, 0.3) is 0 Å². The maximum absolute atomic E-state index is 8.86. The summed E-state index contributed by atoms with van der Waals surface area (Å²) in [5.41, 5.74) is 0. The van der Waals surface area contributed by atoms with Crippen molar-refractivity contribution in [2.75, 3.05) is 13.2 Å². The predicted octanol–water partition coefficient (Wildman–Crippen LogP) is 1.66. The molecular formula is C13H28N2O. The highest BCUT2D eigenvalue weighted by Crippen LogP contribution is 2.12. The van der Waals surface area contributed by atoms with Crippen LogP contribution in [0.4, 0.5) is 0 Å². The molecule has 1 aliphatic rings. The summed E-state index contributed by atoms with van der Waals surface area (Å²) in [5, 5.41) is 16.0. The topological polar surface area (TPSA) is 44.3 Å². The van der Waals surface area contributed by atoms with E-state index in [9.17, 15) is 0 Å². The second-order valence-corrected chi connectivity index (χ2v) is 5.22. The van der Waals surface area contributed by atoms with E-state index in [0.29, 0.717) is 18.1 Å². The van der Waals surface area contributed by atoms with Crippen LogP contribution in [0.2, 0.25) is 0 Å². The van der Waals surface area contributed by atoms with Crippen LogP contribution in [-0.2, 0) is 0 Å². The second kappa shape index (κ2) is 8.04. The molecule has 1 rings (SSSR count). The van der Waals surface area contributed by atoms with Gasteiger partial charge in [-0.25, -0.2) is 0 Å². The van der Waals surface area contributed by atoms with E-state index in [1.54, 1.807) is 0 Å². The van der Waals surface area contributed by atoms with Gasteiger partial charge in [0.1, 0.15) is 0 Å². The standard InChI is InChI=1S/C13H28N2O/c1-11(7-9-16)15-12(2)10-13-6-4-3-5-8-14-13/h11-16H,3-10H2,1-2H3. The lowest BCUT2D eigenvalue weighted by molar-refractivity contribution is 0.260. The first kappa shape index (κ1) is 13.9. The van der Waals surface area contributed by atoms with Crippen molar-refractivity contribution in [1.29, 1.82) is 0 Å². The van der Waals surface area contributed by atoms with Crippen LogP contribution in [0, 0.1) is 0 Å². The van der Waals surface area contributed by atoms with Gasteiger partial charge in [0, 0.05) is 24.7 Å². The summed E-state index contributed by atoms with van der Waals surface area (Å²) >= 11 is 0. The largest absolute Gasteiger partial charge is 0.396 e. The Balaban J connectivity index is 2.18. The number of rotatable bonds is 6. The first-order chi connectivity index (χ1) is 7.72. The van der Waals surface area contributed by atoms with E-state index < -0.39 is 0 Å². The summed E-state index contributed by atoms with van der Waals surface area (Å²) in [6.45, 7) is 5.86. The third-order valence-electron chi connectivity index (χ3n) is 3.43. The summed E-state index contributed by atoms with van der Waals surface area (Å²) in [6, 6.07) is 1.65. The molecule has 1 aliphatic heterocycles. The third kappa shape index (κ3) is 5.83. The van der Waals surface area contributed by atoms with Gasteiger partial charge < -0.3 is 15.7 Å². The molecule has 3 unspecified atom stereocenters. The van der Waals surface area contributed by atoms with Crippen LogP contribution in [0.15, 0.2) is 0 Å². The summed E-state index contributed by atoms with van der Waals surface area (Å²) in [7, 11) is 0. The molecule has 0 radical (unpaired) electrons. The molecule has 1 fully saturated rings. The van der Waals surface area contributed by atoms with Gasteiger partial charge in [-0.2, -0.15) is 0 Å². The van der Waals surface area contributed by atoms with Gasteiger partial charge in [0.15, 0.2) is 0 Å². The van der Waals surface area contributed by atoms with E-state index in [1.807, 2.05) is 0 Å². The lowest BCUT2D eigenvalue weighted by Crippen LogP contribution is -2.40. The lowest BCUT2D eigenvalue weighted by atomic mass is 10.0. The molecule has 0 bridgehead atoms. The Morgan fingerprint density at radius 2 is 2.06 bits per heavy atom. The highest BCUT2D eigenvalue weighted by atomic mass is 16.3. The summed E-state index contributed by atoms with van der Waals surface area (Å²) < 4.78 is 0. The first-order valence-electron chi connectivity index (χ1n) is 6.82. The maximum Gasteiger partial charge on any atom is 0.0445 e. The molecule has 0 aliphatic carbocycles. The van der Waals surface area contributed by atoms with Crippen molar-refractivity contribution in [3.63, 3.8) is 0 Å². The Kier molecular flexibility index (Phi) is 7.01. The summed E-state index contributed by atoms with van der Waals surface area (Å²) in [6.07, 6.45) is 7.46. The van der Waals surface area contributed by atoms with Crippen LogP contribution in [0.1, 0.15) is 52.4 Å². The van der Waals surface area contributed by atoms with Crippen molar-refractivity contribution in [3.8, 4) is 0 Å². The lowest BCUT2D eigenvalue weighted by Gasteiger charge is -2.24. The highest BCUT2D eigenvalue weighted by molar-refractivity contribution is 4.77. The first-order valence-corrected chi connectivity index (χ1v) is 6.82. The van der Waals surface area contributed by atoms with Crippen LogP contribution in [0.3, 0.4) is 0 Å². The minimum absolute atomic E-state index is 0.280. The zero-order valence-corrected chi connectivity index (χ0v) is 10.8. The molecule has 0 aromatic carbocycles. The fourth-order valence-corrected chi connectivity index (χ4v) is 2.56. The average Bonchev–Trinajstić information content (AvgIpc) is 2.46. The van der Waals surface area contributed by atoms with E-state index in [1.165, 1.54) is 38.6 Å². The number of hydrogen-bond donors (Lipinski definition) is 3. The summed E-state index contributed by atoms with van der Waals surface area (Å²) in [5.74, 6) is 0. The van der Waals surface area contributed by atoms with E-state index in [4.69, 9.17) is 5.11 Å². The molecule has 3 nitrogen and oxygen atoms in total. The minimum Gasteiger partial charge on any atom is -0.396 e. The Morgan fingerprint density at radius 3 is 2.81 bits per heavy atom. The minimum atomic E-state index is 0.280. The van der Waals surface area contributed by atoms with Crippen molar-refractivity contribution in [2.24, 2.45) is 0 Å². The molecular weight excluding hydrogens is 200 g/mol. The van der Waals surface area contributed by atoms with Gasteiger partial charge in [0.25, 0.3) is 0 Å². The van der Waals surface area contributed by atoms with Gasteiger partial charge in [0.05, 0.1) is 0 Å². The molecule has 96 valence electrons. The van der Waals surface area contributed by atoms with Gasteiger partial charge in [0.2, 0.25) is 0 Å². The number of aliphatic hydroxyl groups is 1. The fraction of sp³-hybridized carbons (Fsp3) is 1.00. The van der Waals surface area contributed by atoms with Crippen LogP contribution < -0.4 is 10.6 Å². The molecule has 3 heteroatoms. The quantitative estimate of drug-likeness (QED) is 0.648. The zero-order valence-electron chi connectivity index (χ0n) is 10.8. The molecule has 3 atom stereocenters. The van der Waals surface area contributed by atoms with Crippen molar-refractivity contribution in [3.05, 3.63) is 0 Å². The number of nitrogens with one attached hydrogen (secondary N) is 2. The fourth-order valence-electron chi connectivity index (χ4n) is 2.56. The Hall–Kier alpha value is -0.120. The smallest absolute Gasteiger partial charge is 0.0445 e. The molecule has 0 spiro atoms. The SMILES string of the molecule is CC(CCO)NC(C)CC1CCCCCN1. The van der Waals surface area contributed by atoms with Crippen molar-refractivity contribution >= 4 is 0 Å². The second-order valence-electron chi connectivity index (χ2n) is 5.22. The van der Waals surface area contributed by atoms with Crippen LogP contribution in [0.5, 0.6) is 0 Å². The van der Waals surface area contributed by atoms with Crippen LogP contribution >= 0.6 is 0 Å². The van der Waals surface area contributed by atoms with Gasteiger partial charge in [-0.1, -0.05) is 12.8 Å². The Bertz CT molecular complexity index is 167. The molecule has 1 heterocycles. The molecule has 3 N–H and O–H groups in total. The van der Waals surface area contributed by atoms with Crippen LogP contribution in [-0.4, -0.2) is 36.4 Å². The van der Waals surface area contributed by atoms with Crippen molar-refractivity contribution < 1.29 is 5.11 Å². The normalized spacial score (nSPS) is 26.1. The molecule has 0 aromatic rings. The van der Waals surface area contributed by atoms with Crippen molar-refractivity contribution in [1.82, 2.24) is 10.6 Å². The Labute approximate surface area is 100 Å². The number of aliphatic hydroxyl groups excluding tert-OH is 1. The molecule has 16 heavy (non-hydrogen) atoms. The Morgan fingerprint density at radius 1 is 1.25 bits per heavy atom. The van der Waals surface area contributed by atoms with E-state index >= 15 is 0 Å². The average molecular weight is 228 g/mol. The molecule has 0 saturated carbocycles. The van der Waals surface area contributed by atoms with Gasteiger partial charge in [-0.3, -0.25) is 0 Å². The monoisotopic (exact) mass is 228 g/mol.